The molecule has 0 N–H and O–H groups in total. The van der Waals surface area contributed by atoms with E-state index in [9.17, 15) is 0 Å². The second kappa shape index (κ2) is 60.0. The zero-order valence-electron chi connectivity index (χ0n) is 8.09. The Morgan fingerprint density at radius 3 is 0.818 bits per heavy atom. The molecule has 11 heavy (non-hydrogen) atoms. The van der Waals surface area contributed by atoms with E-state index in [0.29, 0.717) is 0 Å². The summed E-state index contributed by atoms with van der Waals surface area (Å²) in [6.07, 6.45) is 1.02. The third kappa shape index (κ3) is 79.1. The molecular formula is C7H18Al2S2. The SMILES string of the molecule is [Al+3].[Al+3].[CH3-].[CH3-].[CH3-].[CH3-].[S-]CCC[S-]. The van der Waals surface area contributed by atoms with Gasteiger partial charge in [-0.2, -0.15) is 11.5 Å². The van der Waals surface area contributed by atoms with Crippen molar-refractivity contribution in [3.8, 4) is 0 Å². The molecule has 0 bridgehead atoms. The van der Waals surface area contributed by atoms with E-state index in [1.807, 2.05) is 0 Å². The van der Waals surface area contributed by atoms with Gasteiger partial charge in [-0.05, 0) is 0 Å². The van der Waals surface area contributed by atoms with Crippen molar-refractivity contribution in [3.05, 3.63) is 29.7 Å². The van der Waals surface area contributed by atoms with Gasteiger partial charge in [0.15, 0.2) is 0 Å². The molecule has 0 aliphatic heterocycles. The van der Waals surface area contributed by atoms with Crippen molar-refractivity contribution in [2.24, 2.45) is 0 Å². The minimum Gasteiger partial charge on any atom is -0.793 e. The largest absolute Gasteiger partial charge is 3.00 e. The van der Waals surface area contributed by atoms with Crippen LogP contribution in [0.25, 0.3) is 0 Å². The summed E-state index contributed by atoms with van der Waals surface area (Å²) in [5.41, 5.74) is 0. The summed E-state index contributed by atoms with van der Waals surface area (Å²) in [6, 6.07) is 0. The van der Waals surface area contributed by atoms with Gasteiger partial charge in [0.25, 0.3) is 0 Å². The average Bonchev–Trinajstić information content (AvgIpc) is 1.41. The van der Waals surface area contributed by atoms with Crippen LogP contribution >= 0.6 is 0 Å². The molecule has 0 atom stereocenters. The Kier molecular flexibility index (Phi) is 290. The zero-order valence-corrected chi connectivity index (χ0v) is 12.0. The fourth-order valence-corrected chi connectivity index (χ4v) is 0.530. The molecule has 0 aromatic heterocycles. The van der Waals surface area contributed by atoms with Crippen LogP contribution in [0, 0.1) is 29.7 Å². The first-order chi connectivity index (χ1) is 2.41. The van der Waals surface area contributed by atoms with Gasteiger partial charge in [-0.15, -0.1) is 0 Å². The van der Waals surface area contributed by atoms with Crippen molar-refractivity contribution < 1.29 is 0 Å². The van der Waals surface area contributed by atoms with Gasteiger partial charge in [0.1, 0.15) is 0 Å². The maximum absolute atomic E-state index is 4.58. The fraction of sp³-hybridized carbons (Fsp3) is 0.429. The molecule has 0 aliphatic carbocycles. The van der Waals surface area contributed by atoms with Crippen LogP contribution in [0.2, 0.25) is 0 Å². The first-order valence-electron chi connectivity index (χ1n) is 1.58. The Morgan fingerprint density at radius 1 is 0.636 bits per heavy atom. The molecule has 0 aromatic rings. The summed E-state index contributed by atoms with van der Waals surface area (Å²) in [5.74, 6) is 1.65. The maximum atomic E-state index is 4.58. The molecule has 0 aromatic carbocycles. The normalized spacial score (nSPS) is 3.82. The molecule has 0 nitrogen and oxygen atoms in total. The van der Waals surface area contributed by atoms with E-state index >= 15 is 0 Å². The molecule has 64 valence electrons. The zero-order chi connectivity index (χ0) is 4.12. The van der Waals surface area contributed by atoms with Crippen LogP contribution in [-0.4, -0.2) is 46.2 Å². The third-order valence-electron chi connectivity index (χ3n) is 0.289. The van der Waals surface area contributed by atoms with Crippen LogP contribution in [0.4, 0.5) is 0 Å². The minimum atomic E-state index is 0. The first-order valence-corrected chi connectivity index (χ1v) is 2.73. The average molecular weight is 220 g/mol. The van der Waals surface area contributed by atoms with Gasteiger partial charge in [-0.1, -0.05) is 6.42 Å². The van der Waals surface area contributed by atoms with Crippen LogP contribution in [-0.2, 0) is 25.3 Å². The molecule has 0 unspecified atom stereocenters. The molecule has 0 saturated carbocycles. The second-order valence-electron chi connectivity index (χ2n) is 0.762. The Balaban J connectivity index is -0.00000000533. The van der Waals surface area contributed by atoms with Gasteiger partial charge in [0.2, 0.25) is 0 Å². The predicted octanol–water partition coefficient (Wildman–Crippen LogP) is 1.51. The quantitative estimate of drug-likeness (QED) is 0.393. The monoisotopic (exact) mass is 220 g/mol. The Bertz CT molecular complexity index is 21.9. The van der Waals surface area contributed by atoms with Gasteiger partial charge in [0.05, 0.1) is 0 Å². The molecule has 0 saturated heterocycles. The Hall–Kier alpha value is 1.76. The van der Waals surface area contributed by atoms with Gasteiger partial charge in [-0.3, -0.25) is 0 Å². The van der Waals surface area contributed by atoms with Crippen LogP contribution in [0.1, 0.15) is 6.42 Å². The van der Waals surface area contributed by atoms with Crippen LogP contribution in [0.3, 0.4) is 0 Å². The van der Waals surface area contributed by atoms with E-state index < -0.39 is 0 Å². The van der Waals surface area contributed by atoms with Gasteiger partial charge >= 0.3 is 34.7 Å². The second-order valence-corrected chi connectivity index (χ2v) is 1.58. The number of rotatable bonds is 2. The molecule has 0 radical (unpaired) electrons. The Labute approximate surface area is 107 Å². The summed E-state index contributed by atoms with van der Waals surface area (Å²) in [6.45, 7) is 0. The summed E-state index contributed by atoms with van der Waals surface area (Å²) < 4.78 is 0. The van der Waals surface area contributed by atoms with Crippen molar-refractivity contribution in [1.82, 2.24) is 0 Å². The summed E-state index contributed by atoms with van der Waals surface area (Å²) in [4.78, 5) is 0. The Morgan fingerprint density at radius 2 is 0.818 bits per heavy atom. The van der Waals surface area contributed by atoms with Gasteiger partial charge in [0, 0.05) is 0 Å². The van der Waals surface area contributed by atoms with Crippen LogP contribution in [0.5, 0.6) is 0 Å². The molecule has 0 aliphatic rings. The fourth-order valence-electron chi connectivity index (χ4n) is 0.0589. The van der Waals surface area contributed by atoms with Crippen molar-refractivity contribution >= 4 is 60.0 Å². The van der Waals surface area contributed by atoms with E-state index in [4.69, 9.17) is 0 Å². The topological polar surface area (TPSA) is 0 Å². The van der Waals surface area contributed by atoms with Crippen molar-refractivity contribution in [1.29, 1.82) is 0 Å². The van der Waals surface area contributed by atoms with E-state index in [0.717, 1.165) is 17.9 Å². The van der Waals surface area contributed by atoms with E-state index in [-0.39, 0.29) is 64.4 Å². The van der Waals surface area contributed by atoms with E-state index in [2.05, 4.69) is 25.3 Å². The molecule has 0 heterocycles. The minimum absolute atomic E-state index is 0. The van der Waals surface area contributed by atoms with Crippen LogP contribution in [0.15, 0.2) is 0 Å². The van der Waals surface area contributed by atoms with E-state index in [1.54, 1.807) is 0 Å². The van der Waals surface area contributed by atoms with Gasteiger partial charge < -0.3 is 55.0 Å². The molecule has 0 amide bonds. The molecule has 0 rings (SSSR count). The van der Waals surface area contributed by atoms with E-state index in [1.165, 1.54) is 0 Å². The molecule has 0 spiro atoms. The maximum Gasteiger partial charge on any atom is 3.00 e. The first kappa shape index (κ1) is 53.2. The van der Waals surface area contributed by atoms with Gasteiger partial charge in [-0.25, -0.2) is 0 Å². The summed E-state index contributed by atoms with van der Waals surface area (Å²) in [7, 11) is 0. The summed E-state index contributed by atoms with van der Waals surface area (Å²) in [5, 5.41) is 0. The molecule has 0 fully saturated rings. The van der Waals surface area contributed by atoms with Crippen molar-refractivity contribution in [2.75, 3.05) is 11.5 Å². The molecular weight excluding hydrogens is 202 g/mol. The van der Waals surface area contributed by atoms with Crippen LogP contribution < -0.4 is 0 Å². The summed E-state index contributed by atoms with van der Waals surface area (Å²) >= 11 is 9.17. The standard InChI is InChI=1S/C3H8S2.4CH3.2Al/c4-2-1-3-5;;;;;;/h4-5H,1-3H2;4*1H3;;/q;4*-1;2*+3/p-2. The smallest absolute Gasteiger partial charge is 0.793 e. The third-order valence-corrected chi connectivity index (χ3v) is 0.866. The number of hydrogen-bond donors (Lipinski definition) is 0. The van der Waals surface area contributed by atoms with Crippen molar-refractivity contribution in [3.63, 3.8) is 0 Å². The predicted molar refractivity (Wildman–Crippen MR) is 66.2 cm³/mol. The molecule has 4 heteroatoms. The number of hydrogen-bond acceptors (Lipinski definition) is 2. The van der Waals surface area contributed by atoms with Crippen molar-refractivity contribution in [2.45, 2.75) is 6.42 Å².